The average Bonchev–Trinajstić information content (AvgIpc) is 2.20. The molecule has 0 aliphatic rings. The quantitative estimate of drug-likeness (QED) is 0.859. The van der Waals surface area contributed by atoms with Crippen molar-refractivity contribution in [3.05, 3.63) is 23.8 Å². The van der Waals surface area contributed by atoms with Gasteiger partial charge >= 0.3 is 5.51 Å². The summed E-state index contributed by atoms with van der Waals surface area (Å²) in [6.07, 6.45) is -0.399. The van der Waals surface area contributed by atoms with E-state index in [1.54, 1.807) is 13.0 Å². The van der Waals surface area contributed by atoms with Crippen LogP contribution < -0.4 is 5.32 Å². The summed E-state index contributed by atoms with van der Waals surface area (Å²) in [6, 6.07) is 5.87. The Kier molecular flexibility index (Phi) is 4.62. The molecule has 1 amide bonds. The number of nitriles is 1. The molecule has 7 heteroatoms. The third-order valence-electron chi connectivity index (χ3n) is 1.87. The van der Waals surface area contributed by atoms with Gasteiger partial charge in [0.2, 0.25) is 5.91 Å². The van der Waals surface area contributed by atoms with E-state index in [-0.39, 0.29) is 22.3 Å². The molecule has 0 heterocycles. The van der Waals surface area contributed by atoms with Crippen LogP contribution in [0.3, 0.4) is 0 Å². The van der Waals surface area contributed by atoms with Gasteiger partial charge in [-0.1, -0.05) is 6.07 Å². The Morgan fingerprint density at radius 3 is 2.72 bits per heavy atom. The molecule has 0 unspecified atom stereocenters. The number of hydrogen-bond donors (Lipinski definition) is 1. The van der Waals surface area contributed by atoms with Crippen LogP contribution in [0, 0.1) is 18.3 Å². The second-order valence-electron chi connectivity index (χ2n) is 3.43. The Balaban J connectivity index is 2.97. The maximum absolute atomic E-state index is 12.3. The fourth-order valence-corrected chi connectivity index (χ4v) is 1.83. The molecule has 0 aliphatic carbocycles. The van der Waals surface area contributed by atoms with Crippen molar-refractivity contribution in [3.63, 3.8) is 0 Å². The van der Waals surface area contributed by atoms with Gasteiger partial charge in [-0.15, -0.1) is 0 Å². The molecule has 0 aliphatic heterocycles. The number of carbonyl (C=O) groups excluding carboxylic acids is 1. The minimum absolute atomic E-state index is 0.0672. The highest BCUT2D eigenvalue weighted by Crippen LogP contribution is 2.40. The van der Waals surface area contributed by atoms with Gasteiger partial charge in [0.15, 0.2) is 0 Å². The maximum Gasteiger partial charge on any atom is 0.446 e. The largest absolute Gasteiger partial charge is 0.446 e. The van der Waals surface area contributed by atoms with Gasteiger partial charge in [-0.3, -0.25) is 4.79 Å². The number of anilines is 1. The lowest BCUT2D eigenvalue weighted by Gasteiger charge is -2.12. The number of amides is 1. The highest BCUT2D eigenvalue weighted by molar-refractivity contribution is 8.00. The summed E-state index contributed by atoms with van der Waals surface area (Å²) in [5, 5.41) is 10.6. The highest BCUT2D eigenvalue weighted by atomic mass is 32.2. The van der Waals surface area contributed by atoms with E-state index >= 15 is 0 Å². The van der Waals surface area contributed by atoms with Crippen molar-refractivity contribution in [2.75, 3.05) is 5.32 Å². The van der Waals surface area contributed by atoms with Gasteiger partial charge in [-0.25, -0.2) is 0 Å². The number of carbonyl (C=O) groups is 1. The standard InChI is InChI=1S/C11H9F3N2OS/c1-7-2-3-9(18-11(12,13)14)8(6-7)16-10(17)4-5-15/h2-3,6H,4H2,1H3,(H,16,17). The summed E-state index contributed by atoms with van der Waals surface area (Å²) in [4.78, 5) is 11.1. The molecule has 0 fully saturated rings. The van der Waals surface area contributed by atoms with Crippen molar-refractivity contribution in [2.24, 2.45) is 0 Å². The van der Waals surface area contributed by atoms with Crippen LogP contribution in [-0.4, -0.2) is 11.4 Å². The molecule has 18 heavy (non-hydrogen) atoms. The Hall–Kier alpha value is -1.68. The number of nitrogens with one attached hydrogen (secondary N) is 1. The molecule has 0 aromatic heterocycles. The molecule has 3 nitrogen and oxygen atoms in total. The van der Waals surface area contributed by atoms with E-state index in [1.807, 2.05) is 0 Å². The molecule has 1 aromatic carbocycles. The topological polar surface area (TPSA) is 52.9 Å². The number of rotatable bonds is 3. The van der Waals surface area contributed by atoms with E-state index in [2.05, 4.69) is 5.32 Å². The fraction of sp³-hybridized carbons (Fsp3) is 0.273. The van der Waals surface area contributed by atoms with Gasteiger partial charge < -0.3 is 5.32 Å². The monoisotopic (exact) mass is 274 g/mol. The molecule has 0 bridgehead atoms. The molecule has 0 saturated heterocycles. The fourth-order valence-electron chi connectivity index (χ4n) is 1.22. The number of nitrogens with zero attached hydrogens (tertiary/aromatic N) is 1. The van der Waals surface area contributed by atoms with Crippen LogP contribution in [0.1, 0.15) is 12.0 Å². The van der Waals surface area contributed by atoms with Crippen molar-refractivity contribution < 1.29 is 18.0 Å². The number of halogens is 3. The number of hydrogen-bond acceptors (Lipinski definition) is 3. The third-order valence-corrected chi connectivity index (χ3v) is 2.68. The molecule has 96 valence electrons. The van der Waals surface area contributed by atoms with Crippen LogP contribution >= 0.6 is 11.8 Å². The lowest BCUT2D eigenvalue weighted by Crippen LogP contribution is -2.12. The lowest BCUT2D eigenvalue weighted by atomic mass is 10.2. The molecular weight excluding hydrogens is 265 g/mol. The molecular formula is C11H9F3N2OS. The van der Waals surface area contributed by atoms with E-state index in [0.717, 1.165) is 0 Å². The molecule has 1 aromatic rings. The number of aryl methyl sites for hydroxylation is 1. The molecule has 0 spiro atoms. The Labute approximate surface area is 106 Å². The maximum atomic E-state index is 12.3. The predicted octanol–water partition coefficient (Wildman–Crippen LogP) is 3.46. The Morgan fingerprint density at radius 1 is 1.50 bits per heavy atom. The number of alkyl halides is 3. The van der Waals surface area contributed by atoms with Crippen molar-refractivity contribution in [3.8, 4) is 6.07 Å². The summed E-state index contributed by atoms with van der Waals surface area (Å²) in [5.74, 6) is -0.632. The second-order valence-corrected chi connectivity index (χ2v) is 4.54. The first-order chi connectivity index (χ1) is 8.31. The van der Waals surface area contributed by atoms with Crippen LogP contribution in [0.25, 0.3) is 0 Å². The average molecular weight is 274 g/mol. The van der Waals surface area contributed by atoms with Crippen LogP contribution in [0.4, 0.5) is 18.9 Å². The van der Waals surface area contributed by atoms with Gasteiger partial charge in [-0.2, -0.15) is 18.4 Å². The van der Waals surface area contributed by atoms with Crippen LogP contribution in [0.2, 0.25) is 0 Å². The van der Waals surface area contributed by atoms with E-state index in [9.17, 15) is 18.0 Å². The minimum atomic E-state index is -4.43. The van der Waals surface area contributed by atoms with Crippen molar-refractivity contribution in [2.45, 2.75) is 23.7 Å². The highest BCUT2D eigenvalue weighted by Gasteiger charge is 2.30. The summed E-state index contributed by atoms with van der Waals surface area (Å²) in [7, 11) is 0. The summed E-state index contributed by atoms with van der Waals surface area (Å²) in [6.45, 7) is 1.70. The number of thioether (sulfide) groups is 1. The Morgan fingerprint density at radius 2 is 2.17 bits per heavy atom. The molecule has 1 N–H and O–H groups in total. The second kappa shape index (κ2) is 5.78. The van der Waals surface area contributed by atoms with Crippen LogP contribution in [0.15, 0.2) is 23.1 Å². The zero-order chi connectivity index (χ0) is 13.8. The molecule has 0 atom stereocenters. The summed E-state index contributed by atoms with van der Waals surface area (Å²) in [5.41, 5.74) is -3.64. The van der Waals surface area contributed by atoms with E-state index < -0.39 is 17.8 Å². The smallest absolute Gasteiger partial charge is 0.324 e. The molecule has 0 radical (unpaired) electrons. The first-order valence-electron chi connectivity index (χ1n) is 4.85. The first-order valence-corrected chi connectivity index (χ1v) is 5.66. The van der Waals surface area contributed by atoms with E-state index in [4.69, 9.17) is 5.26 Å². The van der Waals surface area contributed by atoms with Crippen molar-refractivity contribution >= 4 is 23.4 Å². The first kappa shape index (κ1) is 14.4. The van der Waals surface area contributed by atoms with Crippen molar-refractivity contribution in [1.82, 2.24) is 0 Å². The normalized spacial score (nSPS) is 10.8. The lowest BCUT2D eigenvalue weighted by molar-refractivity contribution is -0.115. The van der Waals surface area contributed by atoms with Gasteiger partial charge in [0, 0.05) is 4.90 Å². The van der Waals surface area contributed by atoms with Crippen LogP contribution in [0.5, 0.6) is 0 Å². The summed E-state index contributed by atoms with van der Waals surface area (Å²) < 4.78 is 36.9. The van der Waals surface area contributed by atoms with Gasteiger partial charge in [0.1, 0.15) is 6.42 Å². The zero-order valence-corrected chi connectivity index (χ0v) is 10.2. The third kappa shape index (κ3) is 4.67. The Bertz CT molecular complexity index is 494. The summed E-state index contributed by atoms with van der Waals surface area (Å²) >= 11 is -0.301. The SMILES string of the molecule is Cc1ccc(SC(F)(F)F)c(NC(=O)CC#N)c1. The zero-order valence-electron chi connectivity index (χ0n) is 9.34. The van der Waals surface area contributed by atoms with Gasteiger partial charge in [0.05, 0.1) is 11.8 Å². The van der Waals surface area contributed by atoms with E-state index in [0.29, 0.717) is 5.56 Å². The predicted molar refractivity (Wildman–Crippen MR) is 62.0 cm³/mol. The van der Waals surface area contributed by atoms with E-state index in [1.165, 1.54) is 18.2 Å². The molecule has 1 rings (SSSR count). The van der Waals surface area contributed by atoms with Crippen LogP contribution in [-0.2, 0) is 4.79 Å². The minimum Gasteiger partial charge on any atom is -0.324 e. The molecule has 0 saturated carbocycles. The van der Waals surface area contributed by atoms with Gasteiger partial charge in [-0.05, 0) is 36.4 Å². The number of benzene rings is 1. The van der Waals surface area contributed by atoms with Crippen molar-refractivity contribution in [1.29, 1.82) is 5.26 Å². The van der Waals surface area contributed by atoms with Gasteiger partial charge in [0.25, 0.3) is 0 Å².